The fourth-order valence-electron chi connectivity index (χ4n) is 1.93. The van der Waals surface area contributed by atoms with Crippen molar-refractivity contribution >= 4 is 11.9 Å². The van der Waals surface area contributed by atoms with Crippen molar-refractivity contribution in [2.24, 2.45) is 0 Å². The molecular formula is C17H14F4O6. The van der Waals surface area contributed by atoms with E-state index in [4.69, 9.17) is 15.3 Å². The van der Waals surface area contributed by atoms with Gasteiger partial charge in [-0.1, -0.05) is 0 Å². The van der Waals surface area contributed by atoms with Gasteiger partial charge in [0.05, 0.1) is 20.0 Å². The number of aromatic hydroxyl groups is 1. The molecular weight excluding hydrogens is 376 g/mol. The van der Waals surface area contributed by atoms with Crippen LogP contribution in [0.15, 0.2) is 24.3 Å². The van der Waals surface area contributed by atoms with Crippen LogP contribution in [0.4, 0.5) is 17.6 Å². The molecule has 0 saturated heterocycles. The number of carboxylic acid groups (broad SMARTS) is 2. The predicted molar refractivity (Wildman–Crippen MR) is 83.6 cm³/mol. The Kier molecular flexibility index (Phi) is 7.58. The number of hydrogen-bond donors (Lipinski definition) is 3. The number of hydrogen-bond acceptors (Lipinski definition) is 4. The second kappa shape index (κ2) is 9.41. The summed E-state index contributed by atoms with van der Waals surface area (Å²) in [6, 6.07) is 3.23. The van der Waals surface area contributed by atoms with Gasteiger partial charge >= 0.3 is 11.9 Å². The van der Waals surface area contributed by atoms with Gasteiger partial charge in [-0.3, -0.25) is 9.59 Å². The lowest BCUT2D eigenvalue weighted by molar-refractivity contribution is -0.137. The molecule has 0 unspecified atom stereocenters. The molecule has 2 aromatic rings. The Balaban J connectivity index is 0.000000271. The largest absolute Gasteiger partial charge is 0.508 e. The minimum atomic E-state index is -1.33. The molecule has 0 radical (unpaired) electrons. The predicted octanol–water partition coefficient (Wildman–Crippen LogP) is 2.90. The summed E-state index contributed by atoms with van der Waals surface area (Å²) in [5, 5.41) is 25.4. The van der Waals surface area contributed by atoms with Gasteiger partial charge in [-0.2, -0.15) is 0 Å². The molecule has 0 amide bonds. The SMILES string of the molecule is COc1cc(F)c(CC(=O)O)c(F)c1.O=C(O)Cc1c(F)cc(O)cc1F. The van der Waals surface area contributed by atoms with Crippen LogP contribution in [0.3, 0.4) is 0 Å². The van der Waals surface area contributed by atoms with Crippen LogP contribution in [-0.2, 0) is 22.4 Å². The van der Waals surface area contributed by atoms with E-state index in [1.807, 2.05) is 0 Å². The lowest BCUT2D eigenvalue weighted by atomic mass is 10.1. The fraction of sp³-hybridized carbons (Fsp3) is 0.176. The molecule has 0 heterocycles. The highest BCUT2D eigenvalue weighted by Crippen LogP contribution is 2.21. The van der Waals surface area contributed by atoms with E-state index in [0.717, 1.165) is 12.1 Å². The van der Waals surface area contributed by atoms with Gasteiger partial charge in [0.2, 0.25) is 0 Å². The third kappa shape index (κ3) is 6.49. The maximum absolute atomic E-state index is 13.1. The van der Waals surface area contributed by atoms with Gasteiger partial charge in [-0.15, -0.1) is 0 Å². The number of phenols is 1. The first-order valence-corrected chi connectivity index (χ1v) is 7.17. The van der Waals surface area contributed by atoms with Gasteiger partial charge in [0, 0.05) is 35.4 Å². The molecule has 10 heteroatoms. The second-order valence-corrected chi connectivity index (χ2v) is 5.10. The van der Waals surface area contributed by atoms with Crippen molar-refractivity contribution in [2.75, 3.05) is 7.11 Å². The topological polar surface area (TPSA) is 104 Å². The first-order valence-electron chi connectivity index (χ1n) is 7.17. The van der Waals surface area contributed by atoms with Crippen LogP contribution in [0.25, 0.3) is 0 Å². The zero-order chi connectivity index (χ0) is 20.7. The molecule has 3 N–H and O–H groups in total. The van der Waals surface area contributed by atoms with Crippen LogP contribution in [0.2, 0.25) is 0 Å². The summed E-state index contributed by atoms with van der Waals surface area (Å²) in [6.45, 7) is 0. The van der Waals surface area contributed by atoms with Crippen molar-refractivity contribution in [1.29, 1.82) is 0 Å². The van der Waals surface area contributed by atoms with Crippen LogP contribution >= 0.6 is 0 Å². The summed E-state index contributed by atoms with van der Waals surface area (Å²) in [6.07, 6.45) is -1.42. The van der Waals surface area contributed by atoms with E-state index in [2.05, 4.69) is 4.74 Å². The van der Waals surface area contributed by atoms with E-state index in [0.29, 0.717) is 12.1 Å². The minimum absolute atomic E-state index is 0.0224. The maximum atomic E-state index is 13.1. The van der Waals surface area contributed by atoms with Crippen molar-refractivity contribution < 1.29 is 47.2 Å². The summed E-state index contributed by atoms with van der Waals surface area (Å²) in [5.74, 6) is -7.09. The summed E-state index contributed by atoms with van der Waals surface area (Å²) in [7, 11) is 1.27. The molecule has 0 bridgehead atoms. The normalized spacial score (nSPS) is 9.96. The lowest BCUT2D eigenvalue weighted by Crippen LogP contribution is -2.05. The summed E-state index contributed by atoms with van der Waals surface area (Å²) in [5.41, 5.74) is -1.01. The van der Waals surface area contributed by atoms with E-state index in [1.165, 1.54) is 7.11 Å². The van der Waals surface area contributed by atoms with E-state index >= 15 is 0 Å². The van der Waals surface area contributed by atoms with Crippen molar-refractivity contribution in [1.82, 2.24) is 0 Å². The van der Waals surface area contributed by atoms with Crippen LogP contribution in [0.1, 0.15) is 11.1 Å². The number of rotatable bonds is 5. The van der Waals surface area contributed by atoms with Gasteiger partial charge in [0.1, 0.15) is 34.8 Å². The van der Waals surface area contributed by atoms with Gasteiger partial charge in [0.25, 0.3) is 0 Å². The highest BCUT2D eigenvalue weighted by molar-refractivity contribution is 5.70. The van der Waals surface area contributed by atoms with Crippen molar-refractivity contribution in [3.63, 3.8) is 0 Å². The molecule has 0 spiro atoms. The lowest BCUT2D eigenvalue weighted by Gasteiger charge is -2.05. The summed E-state index contributed by atoms with van der Waals surface area (Å²) >= 11 is 0. The fourth-order valence-corrected chi connectivity index (χ4v) is 1.93. The molecule has 2 aromatic carbocycles. The molecule has 0 aromatic heterocycles. The molecule has 0 aliphatic carbocycles. The molecule has 0 fully saturated rings. The number of carboxylic acids is 2. The van der Waals surface area contributed by atoms with Crippen molar-refractivity contribution in [3.05, 3.63) is 58.7 Å². The third-order valence-electron chi connectivity index (χ3n) is 3.13. The average Bonchev–Trinajstić information content (AvgIpc) is 2.54. The number of ether oxygens (including phenoxy) is 1. The smallest absolute Gasteiger partial charge is 0.308 e. The zero-order valence-electron chi connectivity index (χ0n) is 13.8. The Morgan fingerprint density at radius 3 is 1.44 bits per heavy atom. The Hall–Kier alpha value is -3.30. The molecule has 27 heavy (non-hydrogen) atoms. The number of methoxy groups -OCH3 is 1. The van der Waals surface area contributed by atoms with Gasteiger partial charge in [-0.05, 0) is 0 Å². The molecule has 146 valence electrons. The Labute approximate surface area is 150 Å². The van der Waals surface area contributed by atoms with Gasteiger partial charge in [-0.25, -0.2) is 17.6 Å². The summed E-state index contributed by atoms with van der Waals surface area (Å²) in [4.78, 5) is 20.4. The first-order chi connectivity index (χ1) is 12.5. The Bertz CT molecular complexity index is 807. The molecule has 2 rings (SSSR count). The highest BCUT2D eigenvalue weighted by atomic mass is 19.1. The third-order valence-corrected chi connectivity index (χ3v) is 3.13. The highest BCUT2D eigenvalue weighted by Gasteiger charge is 2.15. The minimum Gasteiger partial charge on any atom is -0.508 e. The molecule has 0 aliphatic rings. The monoisotopic (exact) mass is 390 g/mol. The number of phenolic OH excluding ortho intramolecular Hbond substituents is 1. The van der Waals surface area contributed by atoms with Gasteiger partial charge in [0.15, 0.2) is 0 Å². The van der Waals surface area contributed by atoms with E-state index in [9.17, 15) is 27.2 Å². The standard InChI is InChI=1S/C9H8F2O3.C8H6F2O3/c1-14-5-2-7(10)6(4-9(12)13)8(11)3-5;9-6-1-4(11)2-7(10)5(6)3-8(12)13/h2-3H,4H2,1H3,(H,12,13);1-2,11H,3H2,(H,12,13). The Morgan fingerprint density at radius 2 is 1.15 bits per heavy atom. The maximum Gasteiger partial charge on any atom is 0.308 e. The molecule has 6 nitrogen and oxygen atoms in total. The van der Waals surface area contributed by atoms with Crippen molar-refractivity contribution in [2.45, 2.75) is 12.8 Å². The van der Waals surface area contributed by atoms with Crippen LogP contribution < -0.4 is 4.74 Å². The number of benzene rings is 2. The van der Waals surface area contributed by atoms with Crippen LogP contribution in [-0.4, -0.2) is 34.4 Å². The molecule has 0 aliphatic heterocycles. The average molecular weight is 390 g/mol. The van der Waals surface area contributed by atoms with Crippen LogP contribution in [0, 0.1) is 23.3 Å². The second-order valence-electron chi connectivity index (χ2n) is 5.10. The first kappa shape index (κ1) is 21.7. The number of halogens is 4. The van der Waals surface area contributed by atoms with E-state index < -0.39 is 64.9 Å². The molecule has 0 saturated carbocycles. The van der Waals surface area contributed by atoms with Crippen LogP contribution in [0.5, 0.6) is 11.5 Å². The number of aliphatic carboxylic acids is 2. The Morgan fingerprint density at radius 1 is 0.815 bits per heavy atom. The van der Waals surface area contributed by atoms with Crippen molar-refractivity contribution in [3.8, 4) is 11.5 Å². The quantitative estimate of drug-likeness (QED) is 0.679. The zero-order valence-corrected chi connectivity index (χ0v) is 13.8. The van der Waals surface area contributed by atoms with Gasteiger partial charge < -0.3 is 20.1 Å². The number of carbonyl (C=O) groups is 2. The van der Waals surface area contributed by atoms with E-state index in [-0.39, 0.29) is 5.75 Å². The van der Waals surface area contributed by atoms with E-state index in [1.54, 1.807) is 0 Å². The summed E-state index contributed by atoms with van der Waals surface area (Å²) < 4.78 is 56.4. The molecule has 0 atom stereocenters.